The number of nitrogens with zero attached hydrogens (tertiary/aromatic N) is 2. The first kappa shape index (κ1) is 21.1. The molecular weight excluding hydrogens is 390 g/mol. The second-order valence-electron chi connectivity index (χ2n) is 6.65. The quantitative estimate of drug-likeness (QED) is 0.518. The highest BCUT2D eigenvalue weighted by molar-refractivity contribution is 6.33. The molecule has 1 N–H and O–H groups in total. The molecule has 1 atom stereocenters. The van der Waals surface area contributed by atoms with Crippen LogP contribution >= 0.6 is 11.6 Å². The normalized spacial score (nSPS) is 12.3. The molecule has 3 rings (SSSR count). The van der Waals surface area contributed by atoms with E-state index in [9.17, 15) is 4.79 Å². The first-order chi connectivity index (χ1) is 14.1. The number of hydrogen-bond donors (Lipinski definition) is 1. The van der Waals surface area contributed by atoms with Crippen molar-refractivity contribution in [1.29, 1.82) is 0 Å². The van der Waals surface area contributed by atoms with Crippen LogP contribution in [-0.4, -0.2) is 35.4 Å². The van der Waals surface area contributed by atoms with Crippen molar-refractivity contribution >= 4 is 17.5 Å². The fourth-order valence-corrected chi connectivity index (χ4v) is 3.51. The molecule has 7 heteroatoms. The minimum absolute atomic E-state index is 0.0116. The van der Waals surface area contributed by atoms with E-state index in [0.717, 1.165) is 24.4 Å². The van der Waals surface area contributed by atoms with Gasteiger partial charge in [-0.25, -0.2) is 4.98 Å². The third kappa shape index (κ3) is 5.49. The molecule has 0 radical (unpaired) electrons. The summed E-state index contributed by atoms with van der Waals surface area (Å²) in [6.07, 6.45) is 4.02. The second-order valence-corrected chi connectivity index (χ2v) is 7.06. The Labute approximate surface area is 175 Å². The Morgan fingerprint density at radius 1 is 1.21 bits per heavy atom. The minimum atomic E-state index is -0.0498. The first-order valence-electron chi connectivity index (χ1n) is 9.86. The number of carbonyl (C=O) groups excluding carboxylic acids is 1. The summed E-state index contributed by atoms with van der Waals surface area (Å²) in [5, 5.41) is 3.61. The van der Waals surface area contributed by atoms with Crippen LogP contribution in [0.25, 0.3) is 11.3 Å². The van der Waals surface area contributed by atoms with E-state index >= 15 is 0 Å². The van der Waals surface area contributed by atoms with Crippen molar-refractivity contribution in [3.8, 4) is 11.3 Å². The van der Waals surface area contributed by atoms with Gasteiger partial charge in [-0.15, -0.1) is 0 Å². The van der Waals surface area contributed by atoms with Gasteiger partial charge in [0.15, 0.2) is 11.7 Å². The summed E-state index contributed by atoms with van der Waals surface area (Å²) in [5.74, 6) is 1.92. The van der Waals surface area contributed by atoms with Gasteiger partial charge in [-0.3, -0.25) is 9.69 Å². The van der Waals surface area contributed by atoms with E-state index in [1.54, 1.807) is 18.5 Å². The van der Waals surface area contributed by atoms with Crippen LogP contribution in [0.15, 0.2) is 57.7 Å². The van der Waals surface area contributed by atoms with Gasteiger partial charge in [-0.1, -0.05) is 37.6 Å². The van der Waals surface area contributed by atoms with E-state index in [1.165, 1.54) is 0 Å². The molecule has 2 aromatic heterocycles. The number of benzene rings is 1. The maximum absolute atomic E-state index is 12.4. The monoisotopic (exact) mass is 415 g/mol. The van der Waals surface area contributed by atoms with Gasteiger partial charge in [0.2, 0.25) is 5.91 Å². The Balaban J connectivity index is 1.54. The van der Waals surface area contributed by atoms with Crippen molar-refractivity contribution in [3.05, 3.63) is 65.5 Å². The fourth-order valence-electron chi connectivity index (χ4n) is 3.29. The topological polar surface area (TPSA) is 71.5 Å². The molecule has 6 nitrogen and oxygen atoms in total. The Morgan fingerprint density at radius 3 is 2.69 bits per heavy atom. The zero-order valence-corrected chi connectivity index (χ0v) is 17.5. The summed E-state index contributed by atoms with van der Waals surface area (Å²) >= 11 is 6.19. The van der Waals surface area contributed by atoms with Crippen LogP contribution in [0.5, 0.6) is 0 Å². The maximum Gasteiger partial charge on any atom is 0.220 e. The second kappa shape index (κ2) is 10.3. The molecule has 0 aliphatic heterocycles. The Hall–Kier alpha value is -2.57. The Bertz CT molecular complexity index is 904. The number of aromatic nitrogens is 1. The van der Waals surface area contributed by atoms with Crippen LogP contribution < -0.4 is 5.32 Å². The molecule has 0 fully saturated rings. The average Bonchev–Trinajstić information content (AvgIpc) is 3.42. The number of nitrogens with one attached hydrogen (secondary N) is 1. The molecular formula is C22H26ClN3O3. The van der Waals surface area contributed by atoms with Crippen LogP contribution in [0.3, 0.4) is 0 Å². The SMILES string of the molecule is CCN(CC)C(CNC(=O)CCc1ncc(-c2ccccc2Cl)o1)c1ccco1. The van der Waals surface area contributed by atoms with Crippen LogP contribution in [0.1, 0.15) is 38.0 Å². The largest absolute Gasteiger partial charge is 0.468 e. The molecule has 1 unspecified atom stereocenters. The van der Waals surface area contributed by atoms with Gasteiger partial charge in [0.1, 0.15) is 5.76 Å². The lowest BCUT2D eigenvalue weighted by Gasteiger charge is -2.28. The molecule has 0 spiro atoms. The van der Waals surface area contributed by atoms with E-state index in [2.05, 4.69) is 29.0 Å². The van der Waals surface area contributed by atoms with Crippen molar-refractivity contribution in [3.63, 3.8) is 0 Å². The number of rotatable bonds is 10. The maximum atomic E-state index is 12.4. The highest BCUT2D eigenvalue weighted by Crippen LogP contribution is 2.28. The van der Waals surface area contributed by atoms with Crippen molar-refractivity contribution in [2.75, 3.05) is 19.6 Å². The summed E-state index contributed by atoms with van der Waals surface area (Å²) in [6, 6.07) is 11.3. The lowest BCUT2D eigenvalue weighted by molar-refractivity contribution is -0.121. The van der Waals surface area contributed by atoms with Crippen LogP contribution in [0.2, 0.25) is 5.02 Å². The highest BCUT2D eigenvalue weighted by Gasteiger charge is 2.21. The van der Waals surface area contributed by atoms with Crippen molar-refractivity contribution < 1.29 is 13.6 Å². The number of amides is 1. The van der Waals surface area contributed by atoms with Crippen LogP contribution in [0.4, 0.5) is 0 Å². The predicted octanol–water partition coefficient (Wildman–Crippen LogP) is 4.72. The number of carbonyl (C=O) groups is 1. The van der Waals surface area contributed by atoms with E-state index in [1.807, 2.05) is 30.3 Å². The third-order valence-corrected chi connectivity index (χ3v) is 5.21. The molecule has 29 heavy (non-hydrogen) atoms. The van der Waals surface area contributed by atoms with Crippen LogP contribution in [0, 0.1) is 0 Å². The zero-order chi connectivity index (χ0) is 20.6. The predicted molar refractivity (Wildman–Crippen MR) is 113 cm³/mol. The smallest absolute Gasteiger partial charge is 0.220 e. The lowest BCUT2D eigenvalue weighted by Crippen LogP contribution is -2.38. The van der Waals surface area contributed by atoms with Gasteiger partial charge in [0.05, 0.1) is 23.5 Å². The number of likely N-dealkylation sites (N-methyl/N-ethyl adjacent to an activating group) is 1. The Kier molecular flexibility index (Phi) is 7.49. The van der Waals surface area contributed by atoms with E-state index in [4.69, 9.17) is 20.4 Å². The van der Waals surface area contributed by atoms with Crippen molar-refractivity contribution in [1.82, 2.24) is 15.2 Å². The first-order valence-corrected chi connectivity index (χ1v) is 10.2. The zero-order valence-electron chi connectivity index (χ0n) is 16.7. The lowest BCUT2D eigenvalue weighted by atomic mass is 10.1. The molecule has 1 amide bonds. The molecule has 2 heterocycles. The number of hydrogen-bond acceptors (Lipinski definition) is 5. The average molecular weight is 416 g/mol. The number of halogens is 1. The fraction of sp³-hybridized carbons (Fsp3) is 0.364. The van der Waals surface area contributed by atoms with E-state index in [-0.39, 0.29) is 11.9 Å². The standard InChI is InChI=1S/C22H26ClN3O3/c1-3-26(4-2)18(19-10-7-13-28-19)14-24-21(27)11-12-22-25-15-20(29-22)16-8-5-6-9-17(16)23/h5-10,13,15,18H,3-4,11-12,14H2,1-2H3,(H,24,27). The summed E-state index contributed by atoms with van der Waals surface area (Å²) in [7, 11) is 0. The molecule has 0 saturated heterocycles. The summed E-state index contributed by atoms with van der Waals surface area (Å²) in [6.45, 7) is 6.43. The molecule has 0 aliphatic carbocycles. The van der Waals surface area contributed by atoms with Crippen molar-refractivity contribution in [2.45, 2.75) is 32.7 Å². The number of furan rings is 1. The van der Waals surface area contributed by atoms with Crippen LogP contribution in [-0.2, 0) is 11.2 Å². The molecule has 0 bridgehead atoms. The molecule has 0 aliphatic rings. The van der Waals surface area contributed by atoms with Crippen molar-refractivity contribution in [2.24, 2.45) is 0 Å². The summed E-state index contributed by atoms with van der Waals surface area (Å²) in [5.41, 5.74) is 0.790. The molecule has 3 aromatic rings. The molecule has 154 valence electrons. The summed E-state index contributed by atoms with van der Waals surface area (Å²) < 4.78 is 11.3. The van der Waals surface area contributed by atoms with Gasteiger partial charge in [-0.2, -0.15) is 0 Å². The van der Waals surface area contributed by atoms with Gasteiger partial charge >= 0.3 is 0 Å². The van der Waals surface area contributed by atoms with Gasteiger partial charge in [-0.05, 0) is 37.4 Å². The van der Waals surface area contributed by atoms with Gasteiger partial charge < -0.3 is 14.2 Å². The Morgan fingerprint density at radius 2 is 2.00 bits per heavy atom. The molecule has 0 saturated carbocycles. The van der Waals surface area contributed by atoms with E-state index < -0.39 is 0 Å². The third-order valence-electron chi connectivity index (χ3n) is 4.88. The number of aryl methyl sites for hydroxylation is 1. The minimum Gasteiger partial charge on any atom is -0.468 e. The van der Waals surface area contributed by atoms with E-state index in [0.29, 0.717) is 36.1 Å². The highest BCUT2D eigenvalue weighted by atomic mass is 35.5. The van der Waals surface area contributed by atoms with Gasteiger partial charge in [0, 0.05) is 24.9 Å². The molecule has 1 aromatic carbocycles. The van der Waals surface area contributed by atoms with Gasteiger partial charge in [0.25, 0.3) is 0 Å². The number of oxazole rings is 1. The summed E-state index contributed by atoms with van der Waals surface area (Å²) in [4.78, 5) is 18.9.